The van der Waals surface area contributed by atoms with Crippen molar-refractivity contribution < 1.29 is 14.3 Å². The Balaban J connectivity index is 1.41. The van der Waals surface area contributed by atoms with Crippen LogP contribution in [0, 0.1) is 6.92 Å². The molecule has 31 heavy (non-hydrogen) atoms. The molecule has 0 radical (unpaired) electrons. The van der Waals surface area contributed by atoms with Crippen LogP contribution in [0.2, 0.25) is 0 Å². The Morgan fingerprint density at radius 3 is 2.74 bits per heavy atom. The Morgan fingerprint density at radius 1 is 1.19 bits per heavy atom. The van der Waals surface area contributed by atoms with Crippen LogP contribution in [0.15, 0.2) is 48.8 Å². The number of carbonyl (C=O) groups is 1. The first kappa shape index (κ1) is 21.3. The van der Waals surface area contributed by atoms with Crippen molar-refractivity contribution in [2.45, 2.75) is 32.9 Å². The summed E-state index contributed by atoms with van der Waals surface area (Å²) >= 11 is 0. The number of hydrogen-bond acceptors (Lipinski definition) is 5. The zero-order chi connectivity index (χ0) is 21.8. The van der Waals surface area contributed by atoms with Crippen molar-refractivity contribution in [2.75, 3.05) is 32.8 Å². The van der Waals surface area contributed by atoms with Gasteiger partial charge >= 0.3 is 0 Å². The lowest BCUT2D eigenvalue weighted by molar-refractivity contribution is -0.00924. The molecule has 1 amide bonds. The number of aromatic nitrogens is 2. The fraction of sp³-hybridized carbons (Fsp3) is 0.417. The molecule has 0 unspecified atom stereocenters. The quantitative estimate of drug-likeness (QED) is 0.634. The first-order valence-corrected chi connectivity index (χ1v) is 10.7. The molecule has 7 heteroatoms. The summed E-state index contributed by atoms with van der Waals surface area (Å²) in [6.07, 6.45) is 3.92. The molecule has 3 aromatic rings. The SMILES string of the molecule is Cc1cccn2cc(COc3ccccc3C(=O)NCC(C)(C)N3CCOCC3)nc12. The molecule has 0 spiro atoms. The van der Waals surface area contributed by atoms with E-state index < -0.39 is 0 Å². The van der Waals surface area contributed by atoms with E-state index >= 15 is 0 Å². The minimum atomic E-state index is -0.149. The van der Waals surface area contributed by atoms with Crippen LogP contribution in [-0.2, 0) is 11.3 Å². The Morgan fingerprint density at radius 2 is 1.97 bits per heavy atom. The van der Waals surface area contributed by atoms with Gasteiger partial charge in [0.05, 0.1) is 24.5 Å². The van der Waals surface area contributed by atoms with E-state index in [-0.39, 0.29) is 11.4 Å². The second-order valence-corrected chi connectivity index (χ2v) is 8.53. The van der Waals surface area contributed by atoms with E-state index in [1.54, 1.807) is 6.07 Å². The normalized spacial score (nSPS) is 15.2. The van der Waals surface area contributed by atoms with Crippen molar-refractivity contribution in [2.24, 2.45) is 0 Å². The highest BCUT2D eigenvalue weighted by Gasteiger charge is 2.29. The van der Waals surface area contributed by atoms with Crippen LogP contribution in [-0.4, -0.2) is 58.6 Å². The molecule has 0 aliphatic carbocycles. The Bertz CT molecular complexity index is 1050. The fourth-order valence-electron chi connectivity index (χ4n) is 3.88. The van der Waals surface area contributed by atoms with E-state index in [0.717, 1.165) is 43.2 Å². The number of pyridine rings is 1. The smallest absolute Gasteiger partial charge is 0.255 e. The van der Waals surface area contributed by atoms with Gasteiger partial charge in [0.2, 0.25) is 0 Å². The molecule has 3 heterocycles. The van der Waals surface area contributed by atoms with Crippen LogP contribution in [0.5, 0.6) is 5.75 Å². The summed E-state index contributed by atoms with van der Waals surface area (Å²) in [6.45, 7) is 10.4. The zero-order valence-electron chi connectivity index (χ0n) is 18.4. The number of ether oxygens (including phenoxy) is 2. The van der Waals surface area contributed by atoms with Crippen LogP contribution in [0.4, 0.5) is 0 Å². The van der Waals surface area contributed by atoms with Crippen LogP contribution in [0.3, 0.4) is 0 Å². The van der Waals surface area contributed by atoms with E-state index in [1.807, 2.05) is 54.0 Å². The Labute approximate surface area is 183 Å². The molecule has 4 rings (SSSR count). The third-order valence-electron chi connectivity index (χ3n) is 5.78. The standard InChI is InChI=1S/C24H30N4O3/c1-18-7-6-10-27-15-19(26-22(18)27)16-31-21-9-5-4-8-20(21)23(29)25-17-24(2,3)28-11-13-30-14-12-28/h4-10,15H,11-14,16-17H2,1-3H3,(H,25,29). The van der Waals surface area contributed by atoms with Gasteiger partial charge in [-0.15, -0.1) is 0 Å². The number of nitrogens with zero attached hydrogens (tertiary/aromatic N) is 3. The monoisotopic (exact) mass is 422 g/mol. The lowest BCUT2D eigenvalue weighted by atomic mass is 10.0. The maximum atomic E-state index is 12.9. The highest BCUT2D eigenvalue weighted by molar-refractivity contribution is 5.96. The lowest BCUT2D eigenvalue weighted by Crippen LogP contribution is -2.55. The van der Waals surface area contributed by atoms with Crippen molar-refractivity contribution >= 4 is 11.6 Å². The number of aryl methyl sites for hydroxylation is 1. The number of para-hydroxylation sites is 1. The average molecular weight is 423 g/mol. The first-order chi connectivity index (χ1) is 14.9. The van der Waals surface area contributed by atoms with E-state index in [4.69, 9.17) is 9.47 Å². The number of rotatable bonds is 7. The van der Waals surface area contributed by atoms with Crippen LogP contribution >= 0.6 is 0 Å². The van der Waals surface area contributed by atoms with Gasteiger partial charge in [-0.25, -0.2) is 4.98 Å². The van der Waals surface area contributed by atoms with Crippen molar-refractivity contribution in [1.82, 2.24) is 19.6 Å². The van der Waals surface area contributed by atoms with Crippen LogP contribution in [0.1, 0.15) is 35.5 Å². The maximum absolute atomic E-state index is 12.9. The molecule has 164 valence electrons. The molecule has 2 aromatic heterocycles. The summed E-state index contributed by atoms with van der Waals surface area (Å²) in [5, 5.41) is 3.08. The summed E-state index contributed by atoms with van der Waals surface area (Å²) in [5.74, 6) is 0.417. The van der Waals surface area contributed by atoms with E-state index in [1.165, 1.54) is 0 Å². The number of nitrogens with one attached hydrogen (secondary N) is 1. The molecule has 7 nitrogen and oxygen atoms in total. The predicted octanol–water partition coefficient (Wildman–Crippen LogP) is 3.06. The molecule has 1 aromatic carbocycles. The van der Waals surface area contributed by atoms with Gasteiger partial charge in [0.15, 0.2) is 0 Å². The number of fused-ring (bicyclic) bond motifs is 1. The average Bonchev–Trinajstić information content (AvgIpc) is 3.21. The van der Waals surface area contributed by atoms with Gasteiger partial charge in [-0.1, -0.05) is 18.2 Å². The molecular formula is C24H30N4O3. The Hall–Kier alpha value is -2.90. The largest absolute Gasteiger partial charge is 0.486 e. The number of imidazole rings is 1. The second-order valence-electron chi connectivity index (χ2n) is 8.53. The number of carbonyl (C=O) groups excluding carboxylic acids is 1. The molecule has 1 aliphatic rings. The van der Waals surface area contributed by atoms with Crippen molar-refractivity contribution in [3.63, 3.8) is 0 Å². The minimum Gasteiger partial charge on any atom is -0.486 e. The lowest BCUT2D eigenvalue weighted by Gasteiger charge is -2.40. The van der Waals surface area contributed by atoms with Crippen LogP contribution in [0.25, 0.3) is 5.65 Å². The van der Waals surface area contributed by atoms with Crippen molar-refractivity contribution in [1.29, 1.82) is 0 Å². The van der Waals surface area contributed by atoms with Gasteiger partial charge in [-0.2, -0.15) is 0 Å². The molecule has 0 atom stereocenters. The zero-order valence-corrected chi connectivity index (χ0v) is 18.4. The van der Waals surface area contributed by atoms with Gasteiger partial charge < -0.3 is 19.2 Å². The number of hydrogen-bond donors (Lipinski definition) is 1. The second kappa shape index (κ2) is 9.08. The first-order valence-electron chi connectivity index (χ1n) is 10.7. The van der Waals surface area contributed by atoms with E-state index in [0.29, 0.717) is 24.5 Å². The third kappa shape index (κ3) is 4.89. The number of morpholine rings is 1. The van der Waals surface area contributed by atoms with Crippen molar-refractivity contribution in [3.8, 4) is 5.75 Å². The summed E-state index contributed by atoms with van der Waals surface area (Å²) in [5.41, 5.74) is 3.22. The number of amides is 1. The highest BCUT2D eigenvalue weighted by Crippen LogP contribution is 2.21. The van der Waals surface area contributed by atoms with Gasteiger partial charge in [0.25, 0.3) is 5.91 Å². The third-order valence-corrected chi connectivity index (χ3v) is 5.78. The molecular weight excluding hydrogens is 392 g/mol. The van der Waals surface area contributed by atoms with Gasteiger partial charge in [-0.3, -0.25) is 9.69 Å². The van der Waals surface area contributed by atoms with Gasteiger partial charge in [0.1, 0.15) is 18.0 Å². The van der Waals surface area contributed by atoms with E-state index in [9.17, 15) is 4.79 Å². The summed E-state index contributed by atoms with van der Waals surface area (Å²) in [6, 6.07) is 11.4. The number of benzene rings is 1. The molecule has 1 fully saturated rings. The van der Waals surface area contributed by atoms with Crippen molar-refractivity contribution in [3.05, 3.63) is 65.6 Å². The van der Waals surface area contributed by atoms with E-state index in [2.05, 4.69) is 29.0 Å². The van der Waals surface area contributed by atoms with Crippen LogP contribution < -0.4 is 10.1 Å². The summed E-state index contributed by atoms with van der Waals surface area (Å²) < 4.78 is 13.4. The summed E-state index contributed by atoms with van der Waals surface area (Å²) in [4.78, 5) is 19.9. The Kier molecular flexibility index (Phi) is 6.25. The summed E-state index contributed by atoms with van der Waals surface area (Å²) in [7, 11) is 0. The molecule has 1 saturated heterocycles. The molecule has 0 saturated carbocycles. The minimum absolute atomic E-state index is 0.136. The molecule has 1 N–H and O–H groups in total. The van der Waals surface area contributed by atoms with Gasteiger partial charge in [0, 0.05) is 37.6 Å². The van der Waals surface area contributed by atoms with Gasteiger partial charge in [-0.05, 0) is 44.5 Å². The fourth-order valence-corrected chi connectivity index (χ4v) is 3.88. The maximum Gasteiger partial charge on any atom is 0.255 e. The predicted molar refractivity (Wildman–Crippen MR) is 120 cm³/mol. The molecule has 0 bridgehead atoms. The molecule has 1 aliphatic heterocycles. The highest BCUT2D eigenvalue weighted by atomic mass is 16.5. The topological polar surface area (TPSA) is 68.1 Å².